The number of aromatic nitrogens is 1. The predicted octanol–water partition coefficient (Wildman–Crippen LogP) is 4.29. The molecule has 1 atom stereocenters. The third-order valence-electron chi connectivity index (χ3n) is 6.18. The van der Waals surface area contributed by atoms with Crippen molar-refractivity contribution in [1.82, 2.24) is 4.98 Å². The molecule has 1 aromatic heterocycles. The van der Waals surface area contributed by atoms with Crippen LogP contribution in [0, 0.1) is 0 Å². The zero-order chi connectivity index (χ0) is 22.2. The Bertz CT molecular complexity index is 1250. The molecular formula is C26H22N2O4. The van der Waals surface area contributed by atoms with Crippen LogP contribution in [0.4, 0.5) is 5.69 Å². The SMILES string of the molecule is O=C1C(=O)N(c2ccccc2O)C(c2ccccn2)/C1=C(/O)c1ccc2c(c1)CCCC2. The maximum atomic E-state index is 13.2. The van der Waals surface area contributed by atoms with Crippen molar-refractivity contribution >= 4 is 23.1 Å². The molecule has 6 heteroatoms. The van der Waals surface area contributed by atoms with Crippen LogP contribution in [0.15, 0.2) is 72.4 Å². The van der Waals surface area contributed by atoms with Crippen LogP contribution in [0.25, 0.3) is 5.76 Å². The number of phenols is 1. The molecule has 0 radical (unpaired) electrons. The van der Waals surface area contributed by atoms with Gasteiger partial charge in [-0.15, -0.1) is 0 Å². The van der Waals surface area contributed by atoms with E-state index in [9.17, 15) is 19.8 Å². The number of carbonyl (C=O) groups is 2. The lowest BCUT2D eigenvalue weighted by Crippen LogP contribution is -2.29. The molecule has 2 heterocycles. The van der Waals surface area contributed by atoms with Crippen molar-refractivity contribution in [1.29, 1.82) is 0 Å². The van der Waals surface area contributed by atoms with Gasteiger partial charge in [0, 0.05) is 11.8 Å². The van der Waals surface area contributed by atoms with E-state index >= 15 is 0 Å². The molecule has 0 saturated carbocycles. The van der Waals surface area contributed by atoms with Crippen LogP contribution in [0.5, 0.6) is 5.75 Å². The summed E-state index contributed by atoms with van der Waals surface area (Å²) in [4.78, 5) is 31.9. The van der Waals surface area contributed by atoms with Crippen LogP contribution >= 0.6 is 0 Å². The van der Waals surface area contributed by atoms with Crippen molar-refractivity contribution in [2.75, 3.05) is 4.90 Å². The van der Waals surface area contributed by atoms with Crippen molar-refractivity contribution in [3.8, 4) is 5.75 Å². The number of benzene rings is 2. The summed E-state index contributed by atoms with van der Waals surface area (Å²) in [5.41, 5.74) is 3.49. The Morgan fingerprint density at radius 3 is 2.44 bits per heavy atom. The normalized spacial score (nSPS) is 19.8. The molecule has 2 N–H and O–H groups in total. The van der Waals surface area contributed by atoms with Gasteiger partial charge in [-0.1, -0.05) is 30.3 Å². The summed E-state index contributed by atoms with van der Waals surface area (Å²) in [5.74, 6) is -1.99. The number of ketones is 1. The summed E-state index contributed by atoms with van der Waals surface area (Å²) in [7, 11) is 0. The minimum absolute atomic E-state index is 0.0345. The van der Waals surface area contributed by atoms with E-state index < -0.39 is 17.7 Å². The number of fused-ring (bicyclic) bond motifs is 1. The number of aryl methyl sites for hydroxylation is 2. The van der Waals surface area contributed by atoms with E-state index in [1.165, 1.54) is 16.5 Å². The summed E-state index contributed by atoms with van der Waals surface area (Å²) in [6.45, 7) is 0. The molecule has 160 valence electrons. The summed E-state index contributed by atoms with van der Waals surface area (Å²) in [6, 6.07) is 16.2. The van der Waals surface area contributed by atoms with Crippen molar-refractivity contribution < 1.29 is 19.8 Å². The highest BCUT2D eigenvalue weighted by Crippen LogP contribution is 2.44. The van der Waals surface area contributed by atoms with Gasteiger partial charge in [-0.05, 0) is 67.1 Å². The van der Waals surface area contributed by atoms with E-state index in [0.29, 0.717) is 11.3 Å². The summed E-state index contributed by atoms with van der Waals surface area (Å²) < 4.78 is 0. The monoisotopic (exact) mass is 426 g/mol. The van der Waals surface area contributed by atoms with Gasteiger partial charge in [-0.2, -0.15) is 0 Å². The number of phenolic OH excluding ortho intramolecular Hbond substituents is 1. The number of Topliss-reactive ketones (excluding diaryl/α,β-unsaturated/α-hetero) is 1. The van der Waals surface area contributed by atoms with Crippen molar-refractivity contribution in [2.45, 2.75) is 31.7 Å². The molecule has 2 aromatic carbocycles. The van der Waals surface area contributed by atoms with E-state index in [1.807, 2.05) is 12.1 Å². The number of aliphatic hydroxyl groups is 1. The number of anilines is 1. The average molecular weight is 426 g/mol. The highest BCUT2D eigenvalue weighted by molar-refractivity contribution is 6.51. The van der Waals surface area contributed by atoms with E-state index in [-0.39, 0.29) is 22.8 Å². The van der Waals surface area contributed by atoms with Gasteiger partial charge in [0.15, 0.2) is 0 Å². The van der Waals surface area contributed by atoms with E-state index in [2.05, 4.69) is 4.98 Å². The van der Waals surface area contributed by atoms with Gasteiger partial charge in [0.1, 0.15) is 17.6 Å². The minimum Gasteiger partial charge on any atom is -0.507 e. The van der Waals surface area contributed by atoms with E-state index in [4.69, 9.17) is 0 Å². The van der Waals surface area contributed by atoms with Gasteiger partial charge in [-0.25, -0.2) is 0 Å². The number of aromatic hydroxyl groups is 1. The van der Waals surface area contributed by atoms with E-state index in [0.717, 1.165) is 31.2 Å². The standard InChI is InChI=1S/C26H22N2O4/c29-21-11-4-3-10-20(21)28-23(19-9-5-6-14-27-19)22(25(31)26(28)32)24(30)18-13-12-16-7-1-2-8-17(16)15-18/h3-6,9-15,23,29-30H,1-2,7-8H2/b24-22-. The van der Waals surface area contributed by atoms with E-state index in [1.54, 1.807) is 48.7 Å². The summed E-state index contributed by atoms with van der Waals surface area (Å²) in [6.07, 6.45) is 5.72. The number of para-hydroxylation sites is 2. The number of rotatable bonds is 3. The molecule has 2 aliphatic rings. The molecule has 1 saturated heterocycles. The molecule has 1 aliphatic carbocycles. The molecule has 0 spiro atoms. The first-order valence-corrected chi connectivity index (χ1v) is 10.7. The maximum absolute atomic E-state index is 13.2. The predicted molar refractivity (Wildman–Crippen MR) is 120 cm³/mol. The Balaban J connectivity index is 1.70. The molecular weight excluding hydrogens is 404 g/mol. The molecule has 6 nitrogen and oxygen atoms in total. The van der Waals surface area contributed by atoms with Gasteiger partial charge in [-0.3, -0.25) is 19.5 Å². The molecule has 5 rings (SSSR count). The molecule has 1 unspecified atom stereocenters. The van der Waals surface area contributed by atoms with Crippen LogP contribution in [0.1, 0.15) is 41.3 Å². The van der Waals surface area contributed by atoms with Crippen molar-refractivity contribution in [3.63, 3.8) is 0 Å². The number of pyridine rings is 1. The van der Waals surface area contributed by atoms with Gasteiger partial charge in [0.05, 0.1) is 17.0 Å². The quantitative estimate of drug-likeness (QED) is 0.370. The first-order chi connectivity index (χ1) is 15.6. The second-order valence-electron chi connectivity index (χ2n) is 8.10. The van der Waals surface area contributed by atoms with Crippen molar-refractivity contribution in [2.24, 2.45) is 0 Å². The third-order valence-corrected chi connectivity index (χ3v) is 6.18. The lowest BCUT2D eigenvalue weighted by atomic mass is 9.89. The first kappa shape index (κ1) is 20.0. The van der Waals surface area contributed by atoms with Crippen LogP contribution in [0.3, 0.4) is 0 Å². The van der Waals surface area contributed by atoms with Crippen LogP contribution in [-0.4, -0.2) is 26.9 Å². The Kier molecular flexibility index (Phi) is 4.98. The number of hydrogen-bond acceptors (Lipinski definition) is 5. The minimum atomic E-state index is -0.958. The summed E-state index contributed by atoms with van der Waals surface area (Å²) in [5, 5.41) is 21.7. The Hall–Kier alpha value is -3.93. The van der Waals surface area contributed by atoms with Gasteiger partial charge in [0.2, 0.25) is 0 Å². The Morgan fingerprint density at radius 1 is 0.938 bits per heavy atom. The first-order valence-electron chi connectivity index (χ1n) is 10.7. The fraction of sp³-hybridized carbons (Fsp3) is 0.192. The Morgan fingerprint density at radius 2 is 1.69 bits per heavy atom. The van der Waals surface area contributed by atoms with Gasteiger partial charge in [0.25, 0.3) is 11.7 Å². The molecule has 1 amide bonds. The summed E-state index contributed by atoms with van der Waals surface area (Å²) >= 11 is 0. The van der Waals surface area contributed by atoms with Crippen LogP contribution < -0.4 is 4.90 Å². The molecule has 32 heavy (non-hydrogen) atoms. The average Bonchev–Trinajstić information content (AvgIpc) is 3.09. The number of aliphatic hydroxyl groups excluding tert-OH is 1. The Labute approximate surface area is 185 Å². The third kappa shape index (κ3) is 3.24. The second kappa shape index (κ2) is 7.96. The highest BCUT2D eigenvalue weighted by Gasteiger charge is 2.48. The molecule has 1 aliphatic heterocycles. The largest absolute Gasteiger partial charge is 0.507 e. The van der Waals surface area contributed by atoms with Crippen LogP contribution in [-0.2, 0) is 22.4 Å². The second-order valence-corrected chi connectivity index (χ2v) is 8.10. The zero-order valence-corrected chi connectivity index (χ0v) is 17.4. The lowest BCUT2D eigenvalue weighted by molar-refractivity contribution is -0.132. The van der Waals surface area contributed by atoms with Crippen LogP contribution in [0.2, 0.25) is 0 Å². The van der Waals surface area contributed by atoms with Gasteiger partial charge < -0.3 is 10.2 Å². The fourth-order valence-electron chi connectivity index (χ4n) is 4.60. The number of carbonyl (C=O) groups excluding carboxylic acids is 2. The topological polar surface area (TPSA) is 90.7 Å². The maximum Gasteiger partial charge on any atom is 0.300 e. The van der Waals surface area contributed by atoms with Gasteiger partial charge >= 0.3 is 0 Å². The molecule has 3 aromatic rings. The molecule has 1 fully saturated rings. The molecule has 0 bridgehead atoms. The zero-order valence-electron chi connectivity index (χ0n) is 17.4. The number of hydrogen-bond donors (Lipinski definition) is 2. The number of amides is 1. The lowest BCUT2D eigenvalue weighted by Gasteiger charge is -2.25. The number of nitrogens with zero attached hydrogens (tertiary/aromatic N) is 2. The highest BCUT2D eigenvalue weighted by atomic mass is 16.3. The fourth-order valence-corrected chi connectivity index (χ4v) is 4.60. The van der Waals surface area contributed by atoms with Crippen molar-refractivity contribution in [3.05, 3.63) is 94.8 Å². The smallest absolute Gasteiger partial charge is 0.300 e.